The number of nitrogen functional groups attached to an aromatic ring is 1. The number of ketones is 1. The number of aliphatic hydroxyl groups excluding tert-OH is 4. The second-order valence-electron chi connectivity index (χ2n) is 18.2. The molecule has 65 heavy (non-hydrogen) atoms. The quantitative estimate of drug-likeness (QED) is 0.0751. The Morgan fingerprint density at radius 1 is 1.00 bits per heavy atom. The first kappa shape index (κ1) is 52.4. The van der Waals surface area contributed by atoms with Crippen LogP contribution < -0.4 is 5.73 Å². The number of likely N-dealkylation sites (N-methyl/N-ethyl adjacent to an activating group) is 1. The van der Waals surface area contributed by atoms with E-state index in [9.17, 15) is 30.0 Å². The van der Waals surface area contributed by atoms with Crippen LogP contribution in [0.15, 0.2) is 78.5 Å². The highest BCUT2D eigenvalue weighted by molar-refractivity contribution is 14.1. The maximum absolute atomic E-state index is 14.0. The number of hydrogen-bond donors (Lipinski definition) is 5. The monoisotopic (exact) mass is 1010 g/mol. The molecular weight excluding hydrogens is 943 g/mol. The second-order valence-corrected chi connectivity index (χ2v) is 19.5. The van der Waals surface area contributed by atoms with Crippen LogP contribution in [0, 0.1) is 27.2 Å². The molecule has 3 heterocycles. The number of nitrogens with two attached hydrogens (primary N) is 1. The fourth-order valence-electron chi connectivity index (χ4n) is 9.05. The summed E-state index contributed by atoms with van der Waals surface area (Å²) in [6, 6.07) is 15.2. The van der Waals surface area contributed by atoms with Crippen molar-refractivity contribution >= 4 is 40.0 Å². The number of anilines is 1. The molecule has 0 aliphatic carbocycles. The van der Waals surface area contributed by atoms with Crippen LogP contribution in [0.2, 0.25) is 0 Å². The van der Waals surface area contributed by atoms with Gasteiger partial charge >= 0.3 is 5.97 Å². The van der Waals surface area contributed by atoms with Crippen molar-refractivity contribution in [2.24, 2.45) is 23.7 Å². The zero-order valence-corrected chi connectivity index (χ0v) is 41.1. The molecule has 1 aromatic heterocycles. The summed E-state index contributed by atoms with van der Waals surface area (Å²) in [4.78, 5) is 31.7. The highest BCUT2D eigenvalue weighted by Crippen LogP contribution is 2.35. The van der Waals surface area contributed by atoms with Gasteiger partial charge in [-0.25, -0.2) is 0 Å². The lowest BCUT2D eigenvalue weighted by molar-refractivity contribution is -0.304. The molecule has 15 nitrogen and oxygen atoms in total. The van der Waals surface area contributed by atoms with Crippen molar-refractivity contribution in [3.8, 4) is 11.3 Å². The molecule has 3 aromatic rings. The standard InChI is InChI=1S/C49H71IN6O9/c1-8-43-36(19-23-57)24-30(2)12-17-41(58)31(3)25-37(48(32(4)42(59)27-44(60)64-43)65-49-47(62)45(54(6)7)46(61)33(5)63-49)18-20-55(28-34-13-15-38(50)16-14-34)21-22-56-29-40(52-53-56)35-10-9-11-39(51)26-35/h9-17,24,26,29,31-33,36-37,42-43,45-49,57,59,61-62H,8,18-23,25,27-28,51H2,1-7H3/b17-12+,30-24+/t31-,32+,33-,36+,37+,42-,43-,45?,46-,47?,48-,49+/m1/s1. The van der Waals surface area contributed by atoms with Crippen molar-refractivity contribution in [3.05, 3.63) is 87.7 Å². The van der Waals surface area contributed by atoms with Gasteiger partial charge in [-0.15, -0.1) is 5.10 Å². The van der Waals surface area contributed by atoms with E-state index in [1.54, 1.807) is 38.1 Å². The van der Waals surface area contributed by atoms with Gasteiger partial charge in [0.15, 0.2) is 12.1 Å². The summed E-state index contributed by atoms with van der Waals surface area (Å²) >= 11 is 2.29. The topological polar surface area (TPSA) is 206 Å². The average molecular weight is 1020 g/mol. The molecule has 1 fully saturated rings. The van der Waals surface area contributed by atoms with Crippen molar-refractivity contribution in [3.63, 3.8) is 0 Å². The first-order chi connectivity index (χ1) is 31.0. The van der Waals surface area contributed by atoms with Crippen molar-refractivity contribution in [1.82, 2.24) is 24.8 Å². The Morgan fingerprint density at radius 3 is 2.42 bits per heavy atom. The zero-order chi connectivity index (χ0) is 47.4. The Hall–Kier alpha value is -3.59. The Labute approximate surface area is 398 Å². The number of aliphatic hydroxyl groups is 4. The predicted molar refractivity (Wildman–Crippen MR) is 258 cm³/mol. The largest absolute Gasteiger partial charge is 0.462 e. The molecule has 0 radical (unpaired) electrons. The van der Waals surface area contributed by atoms with Crippen LogP contribution in [0.1, 0.15) is 72.3 Å². The van der Waals surface area contributed by atoms with Crippen LogP contribution in [0.3, 0.4) is 0 Å². The molecule has 358 valence electrons. The number of carbonyl (C=O) groups excluding carboxylic acids is 2. The molecule has 2 unspecified atom stereocenters. The molecule has 12 atom stereocenters. The summed E-state index contributed by atoms with van der Waals surface area (Å²) in [5.41, 5.74) is 10.2. The number of nitrogens with zero attached hydrogens (tertiary/aromatic N) is 5. The van der Waals surface area contributed by atoms with Crippen LogP contribution in [-0.2, 0) is 36.9 Å². The van der Waals surface area contributed by atoms with Crippen molar-refractivity contribution in [2.45, 2.75) is 129 Å². The van der Waals surface area contributed by atoms with Gasteiger partial charge < -0.3 is 45.3 Å². The number of halogens is 1. The van der Waals surface area contributed by atoms with E-state index in [1.807, 2.05) is 68.9 Å². The summed E-state index contributed by atoms with van der Waals surface area (Å²) in [6.45, 7) is 11.4. The van der Waals surface area contributed by atoms with E-state index >= 15 is 0 Å². The summed E-state index contributed by atoms with van der Waals surface area (Å²) in [7, 11) is 3.54. The first-order valence-electron chi connectivity index (χ1n) is 22.9. The van der Waals surface area contributed by atoms with Gasteiger partial charge in [-0.2, -0.15) is 0 Å². The molecule has 0 spiro atoms. The molecule has 0 bridgehead atoms. The van der Waals surface area contributed by atoms with Gasteiger partial charge in [0.25, 0.3) is 0 Å². The van der Waals surface area contributed by atoms with Gasteiger partial charge in [-0.05, 0) is 125 Å². The molecule has 1 saturated heterocycles. The average Bonchev–Trinajstić information content (AvgIpc) is 3.75. The minimum Gasteiger partial charge on any atom is -0.462 e. The number of ether oxygens (including phenoxy) is 3. The van der Waals surface area contributed by atoms with Crippen LogP contribution in [0.25, 0.3) is 11.3 Å². The highest BCUT2D eigenvalue weighted by Gasteiger charge is 2.47. The van der Waals surface area contributed by atoms with E-state index in [2.05, 4.69) is 62.1 Å². The van der Waals surface area contributed by atoms with Gasteiger partial charge in [0, 0.05) is 52.3 Å². The Kier molecular flexibility index (Phi) is 20.1. The highest BCUT2D eigenvalue weighted by atomic mass is 127. The fraction of sp³-hybridized carbons (Fsp3) is 0.592. The van der Waals surface area contributed by atoms with Gasteiger partial charge in [0.1, 0.15) is 17.9 Å². The van der Waals surface area contributed by atoms with E-state index in [1.165, 1.54) is 0 Å². The summed E-state index contributed by atoms with van der Waals surface area (Å²) in [5.74, 6) is -2.57. The van der Waals surface area contributed by atoms with Crippen LogP contribution in [-0.4, -0.2) is 140 Å². The Morgan fingerprint density at radius 2 is 1.74 bits per heavy atom. The van der Waals surface area contributed by atoms with Gasteiger partial charge in [0.2, 0.25) is 0 Å². The number of benzene rings is 2. The lowest BCUT2D eigenvalue weighted by atomic mass is 9.79. The number of cyclic esters (lactones) is 1. The number of esters is 1. The summed E-state index contributed by atoms with van der Waals surface area (Å²) < 4.78 is 22.0. The molecule has 0 saturated carbocycles. The third-order valence-electron chi connectivity index (χ3n) is 12.9. The van der Waals surface area contributed by atoms with Crippen LogP contribution in [0.5, 0.6) is 0 Å². The van der Waals surface area contributed by atoms with E-state index in [-0.39, 0.29) is 24.7 Å². The molecule has 2 aromatic carbocycles. The van der Waals surface area contributed by atoms with E-state index in [0.29, 0.717) is 63.2 Å². The molecule has 0 amide bonds. The third-order valence-corrected chi connectivity index (χ3v) is 13.6. The smallest absolute Gasteiger partial charge is 0.308 e. The number of aromatic nitrogens is 3. The number of allylic oxidation sites excluding steroid dienone is 3. The van der Waals surface area contributed by atoms with E-state index in [0.717, 1.165) is 20.3 Å². The van der Waals surface area contributed by atoms with Crippen LogP contribution >= 0.6 is 22.6 Å². The molecule has 6 N–H and O–H groups in total. The molecule has 2 aliphatic rings. The zero-order valence-electron chi connectivity index (χ0n) is 38.9. The Balaban J connectivity index is 1.51. The van der Waals surface area contributed by atoms with E-state index in [4.69, 9.17) is 19.9 Å². The molecule has 5 rings (SSSR count). The second kappa shape index (κ2) is 25.0. The maximum atomic E-state index is 14.0. The van der Waals surface area contributed by atoms with Crippen LogP contribution in [0.4, 0.5) is 5.69 Å². The minimum absolute atomic E-state index is 0.0877. The number of carbonyl (C=O) groups is 2. The normalized spacial score (nSPS) is 31.1. The lowest BCUT2D eigenvalue weighted by Crippen LogP contribution is -2.63. The fourth-order valence-corrected chi connectivity index (χ4v) is 9.41. The van der Waals surface area contributed by atoms with Gasteiger partial charge in [-0.3, -0.25) is 19.2 Å². The summed E-state index contributed by atoms with van der Waals surface area (Å²) in [5, 5.41) is 53.5. The van der Waals surface area contributed by atoms with E-state index < -0.39 is 72.7 Å². The maximum Gasteiger partial charge on any atom is 0.308 e. The first-order valence-corrected chi connectivity index (χ1v) is 24.0. The van der Waals surface area contributed by atoms with Crippen molar-refractivity contribution in [1.29, 1.82) is 0 Å². The molecular formula is C49H71IN6O9. The molecule has 16 heteroatoms. The predicted octanol–water partition coefficient (Wildman–Crippen LogP) is 5.24. The van der Waals surface area contributed by atoms with Gasteiger partial charge in [0.05, 0.1) is 49.6 Å². The third kappa shape index (κ3) is 15.0. The minimum atomic E-state index is -1.27. The summed E-state index contributed by atoms with van der Waals surface area (Å²) in [6.07, 6.45) is 1.72. The van der Waals surface area contributed by atoms with Gasteiger partial charge in [-0.1, -0.05) is 68.0 Å². The SMILES string of the molecule is CC[C@H]1OC(=O)C[C@@H](O)[C@H](C)[C@@H](O[C@@H]2O[C@H](C)[C@@H](O)C(N(C)C)C2O)[C@@H](CCN(CCn2cc(-c3cccc(N)c3)nn2)Cc2ccc(I)cc2)C[C@@H](C)C(=O)/C=C/C(C)=C/[C@@H]1CCO. The lowest BCUT2D eigenvalue weighted by Gasteiger charge is -2.47. The Bertz CT molecular complexity index is 2030. The number of rotatable bonds is 15. The van der Waals surface area contributed by atoms with Crippen molar-refractivity contribution < 1.29 is 44.2 Å². The number of hydrogen-bond acceptors (Lipinski definition) is 14. The molecule has 2 aliphatic heterocycles. The van der Waals surface area contributed by atoms with Crippen molar-refractivity contribution in [2.75, 3.05) is 39.5 Å².